The smallest absolute Gasteiger partial charge is 0.122 e. The number of halogens is 1. The van der Waals surface area contributed by atoms with E-state index < -0.39 is 0 Å². The third-order valence-corrected chi connectivity index (χ3v) is 3.61. The molecule has 1 aliphatic rings. The average Bonchev–Trinajstić information content (AvgIpc) is 2.38. The Kier molecular flexibility index (Phi) is 5.49. The summed E-state index contributed by atoms with van der Waals surface area (Å²) in [6, 6.07) is 5.86. The maximum atomic E-state index is 6.04. The minimum atomic E-state index is 0.101. The van der Waals surface area contributed by atoms with Gasteiger partial charge in [0.2, 0.25) is 0 Å². The summed E-state index contributed by atoms with van der Waals surface area (Å²) < 4.78 is 11.3. The Bertz CT molecular complexity index is 403. The van der Waals surface area contributed by atoms with Gasteiger partial charge < -0.3 is 15.2 Å². The van der Waals surface area contributed by atoms with Crippen LogP contribution in [0.1, 0.15) is 25.3 Å². The zero-order valence-electron chi connectivity index (χ0n) is 11.4. The minimum absolute atomic E-state index is 0.101. The molecule has 2 rings (SSSR count). The lowest BCUT2D eigenvalue weighted by Gasteiger charge is -2.23. The van der Waals surface area contributed by atoms with Crippen LogP contribution >= 0.6 is 11.6 Å². The highest BCUT2D eigenvalue weighted by molar-refractivity contribution is 6.30. The van der Waals surface area contributed by atoms with E-state index in [1.54, 1.807) is 0 Å². The number of hydrogen-bond donors (Lipinski definition) is 1. The van der Waals surface area contributed by atoms with Crippen molar-refractivity contribution in [3.8, 4) is 5.75 Å². The van der Waals surface area contributed by atoms with Crippen LogP contribution in [-0.2, 0) is 11.2 Å². The molecule has 0 radical (unpaired) electrons. The fourth-order valence-corrected chi connectivity index (χ4v) is 2.51. The van der Waals surface area contributed by atoms with E-state index in [4.69, 9.17) is 26.8 Å². The molecule has 1 aliphatic heterocycles. The molecule has 0 saturated carbocycles. The fraction of sp³-hybridized carbons (Fsp3) is 0.600. The zero-order chi connectivity index (χ0) is 13.7. The van der Waals surface area contributed by atoms with Crippen LogP contribution in [-0.4, -0.2) is 25.9 Å². The van der Waals surface area contributed by atoms with E-state index >= 15 is 0 Å². The van der Waals surface area contributed by atoms with E-state index in [2.05, 4.69) is 0 Å². The average molecular weight is 284 g/mol. The molecule has 2 N–H and O–H groups in total. The predicted octanol–water partition coefficient (Wildman–Crippen LogP) is 3.04. The first-order valence-electron chi connectivity index (χ1n) is 6.89. The van der Waals surface area contributed by atoms with Crippen molar-refractivity contribution in [2.24, 2.45) is 11.7 Å². The summed E-state index contributed by atoms with van der Waals surface area (Å²) in [6.45, 7) is 4.43. The summed E-state index contributed by atoms with van der Waals surface area (Å²) in [5, 5.41) is 0.731. The van der Waals surface area contributed by atoms with Gasteiger partial charge in [0.25, 0.3) is 0 Å². The van der Waals surface area contributed by atoms with Gasteiger partial charge in [-0.15, -0.1) is 0 Å². The van der Waals surface area contributed by atoms with E-state index in [0.717, 1.165) is 55.4 Å². The van der Waals surface area contributed by atoms with E-state index in [1.165, 1.54) is 0 Å². The molecule has 0 spiro atoms. The third-order valence-electron chi connectivity index (χ3n) is 3.38. The van der Waals surface area contributed by atoms with Crippen LogP contribution in [0.4, 0.5) is 0 Å². The molecule has 3 nitrogen and oxygen atoms in total. The van der Waals surface area contributed by atoms with Gasteiger partial charge in [-0.2, -0.15) is 0 Å². The number of hydrogen-bond acceptors (Lipinski definition) is 3. The van der Waals surface area contributed by atoms with Crippen LogP contribution in [0.5, 0.6) is 5.75 Å². The fourth-order valence-electron chi connectivity index (χ4n) is 2.32. The minimum Gasteiger partial charge on any atom is -0.493 e. The van der Waals surface area contributed by atoms with Crippen molar-refractivity contribution >= 4 is 11.6 Å². The van der Waals surface area contributed by atoms with Crippen molar-refractivity contribution in [1.29, 1.82) is 0 Å². The molecule has 0 aromatic heterocycles. The molecule has 0 amide bonds. The lowest BCUT2D eigenvalue weighted by Crippen LogP contribution is -2.22. The second-order valence-corrected chi connectivity index (χ2v) is 5.74. The van der Waals surface area contributed by atoms with E-state index in [9.17, 15) is 0 Å². The Balaban J connectivity index is 1.97. The monoisotopic (exact) mass is 283 g/mol. The Morgan fingerprint density at radius 1 is 1.42 bits per heavy atom. The molecular formula is C15H22ClNO2. The zero-order valence-corrected chi connectivity index (χ0v) is 12.2. The van der Waals surface area contributed by atoms with Crippen LogP contribution in [0.25, 0.3) is 0 Å². The number of rotatable bonds is 5. The van der Waals surface area contributed by atoms with Crippen molar-refractivity contribution in [2.45, 2.75) is 32.2 Å². The van der Waals surface area contributed by atoms with Crippen molar-refractivity contribution < 1.29 is 9.47 Å². The predicted molar refractivity (Wildman–Crippen MR) is 77.8 cm³/mol. The second kappa shape index (κ2) is 7.13. The lowest BCUT2D eigenvalue weighted by atomic mass is 10.0. The van der Waals surface area contributed by atoms with Crippen molar-refractivity contribution in [3.63, 3.8) is 0 Å². The van der Waals surface area contributed by atoms with E-state index in [0.29, 0.717) is 5.92 Å². The summed E-state index contributed by atoms with van der Waals surface area (Å²) in [7, 11) is 0. The first-order valence-corrected chi connectivity index (χ1v) is 7.27. The largest absolute Gasteiger partial charge is 0.493 e. The number of benzene rings is 1. The molecule has 1 saturated heterocycles. The SMILES string of the molecule is CC(N)Cc1cc(Cl)ccc1OCC1CCOCC1. The van der Waals surface area contributed by atoms with Gasteiger partial charge in [0.05, 0.1) is 6.61 Å². The summed E-state index contributed by atoms with van der Waals surface area (Å²) in [4.78, 5) is 0. The summed E-state index contributed by atoms with van der Waals surface area (Å²) in [5.41, 5.74) is 6.96. The normalized spacial score (nSPS) is 18.3. The van der Waals surface area contributed by atoms with Crippen molar-refractivity contribution in [1.82, 2.24) is 0 Å². The first kappa shape index (κ1) is 14.6. The number of nitrogens with two attached hydrogens (primary N) is 1. The first-order chi connectivity index (χ1) is 9.15. The Morgan fingerprint density at radius 3 is 2.84 bits per heavy atom. The van der Waals surface area contributed by atoms with Gasteiger partial charge in [-0.3, -0.25) is 0 Å². The molecule has 1 aromatic rings. The summed E-state index contributed by atoms with van der Waals surface area (Å²) in [5.74, 6) is 1.50. The maximum Gasteiger partial charge on any atom is 0.122 e. The lowest BCUT2D eigenvalue weighted by molar-refractivity contribution is 0.0496. The molecule has 1 fully saturated rings. The maximum absolute atomic E-state index is 6.04. The highest BCUT2D eigenvalue weighted by atomic mass is 35.5. The summed E-state index contributed by atoms with van der Waals surface area (Å²) >= 11 is 6.04. The standard InChI is InChI=1S/C15H22ClNO2/c1-11(17)8-13-9-14(16)2-3-15(13)19-10-12-4-6-18-7-5-12/h2-3,9,11-12H,4-8,10,17H2,1H3. The number of ether oxygens (including phenoxy) is 2. The van der Waals surface area contributed by atoms with Crippen LogP contribution < -0.4 is 10.5 Å². The molecule has 0 bridgehead atoms. The molecule has 1 unspecified atom stereocenters. The van der Waals surface area contributed by atoms with Gasteiger partial charge in [-0.1, -0.05) is 11.6 Å². The van der Waals surface area contributed by atoms with Gasteiger partial charge in [-0.25, -0.2) is 0 Å². The molecule has 0 aliphatic carbocycles. The molecule has 1 atom stereocenters. The highest BCUT2D eigenvalue weighted by Gasteiger charge is 2.15. The Labute approximate surface area is 120 Å². The Hall–Kier alpha value is -0.770. The molecule has 106 valence electrons. The van der Waals surface area contributed by atoms with Gasteiger partial charge in [-0.05, 0) is 55.9 Å². The molecule has 1 aromatic carbocycles. The molecular weight excluding hydrogens is 262 g/mol. The van der Waals surface area contributed by atoms with Crippen LogP contribution in [0.2, 0.25) is 5.02 Å². The van der Waals surface area contributed by atoms with Gasteiger partial charge in [0.1, 0.15) is 5.75 Å². The van der Waals surface area contributed by atoms with Crippen LogP contribution in [0, 0.1) is 5.92 Å². The van der Waals surface area contributed by atoms with Crippen molar-refractivity contribution in [2.75, 3.05) is 19.8 Å². The summed E-state index contributed by atoms with van der Waals surface area (Å²) in [6.07, 6.45) is 2.94. The highest BCUT2D eigenvalue weighted by Crippen LogP contribution is 2.25. The molecule has 4 heteroatoms. The molecule has 19 heavy (non-hydrogen) atoms. The van der Waals surface area contributed by atoms with Crippen LogP contribution in [0.15, 0.2) is 18.2 Å². The third kappa shape index (κ3) is 4.68. The van der Waals surface area contributed by atoms with Crippen molar-refractivity contribution in [3.05, 3.63) is 28.8 Å². The quantitative estimate of drug-likeness (QED) is 0.903. The van der Waals surface area contributed by atoms with Crippen LogP contribution in [0.3, 0.4) is 0 Å². The van der Waals surface area contributed by atoms with Gasteiger partial charge >= 0.3 is 0 Å². The topological polar surface area (TPSA) is 44.5 Å². The molecule has 1 heterocycles. The van der Waals surface area contributed by atoms with E-state index in [-0.39, 0.29) is 6.04 Å². The second-order valence-electron chi connectivity index (χ2n) is 5.30. The van der Waals surface area contributed by atoms with E-state index in [1.807, 2.05) is 25.1 Å². The van der Waals surface area contributed by atoms with Gasteiger partial charge in [0.15, 0.2) is 0 Å². The van der Waals surface area contributed by atoms with Gasteiger partial charge in [0, 0.05) is 24.3 Å². The Morgan fingerprint density at radius 2 is 2.16 bits per heavy atom.